The van der Waals surface area contributed by atoms with Crippen molar-refractivity contribution in [2.45, 2.75) is 37.2 Å². The lowest BCUT2D eigenvalue weighted by Crippen LogP contribution is -2.25. The first-order valence-electron chi connectivity index (χ1n) is 8.22. The molecular weight excluding hydrogens is 352 g/mol. The molecule has 0 fully saturated rings. The van der Waals surface area contributed by atoms with E-state index in [1.54, 1.807) is 11.3 Å². The predicted octanol–water partition coefficient (Wildman–Crippen LogP) is 4.54. The molecule has 1 aromatic carbocycles. The fraction of sp³-hybridized carbons (Fsp3) is 0.278. The zero-order valence-corrected chi connectivity index (χ0v) is 15.8. The van der Waals surface area contributed by atoms with Crippen molar-refractivity contribution in [3.8, 4) is 10.7 Å². The van der Waals surface area contributed by atoms with Crippen molar-refractivity contribution in [2.75, 3.05) is 5.32 Å². The van der Waals surface area contributed by atoms with Gasteiger partial charge in [0.1, 0.15) is 0 Å². The molecule has 0 radical (unpaired) electrons. The van der Waals surface area contributed by atoms with Crippen molar-refractivity contribution < 1.29 is 4.79 Å². The van der Waals surface area contributed by atoms with Crippen LogP contribution < -0.4 is 5.32 Å². The van der Waals surface area contributed by atoms with Crippen LogP contribution in [0.15, 0.2) is 53.0 Å². The number of rotatable bonds is 7. The first-order chi connectivity index (χ1) is 12.2. The fourth-order valence-electron chi connectivity index (χ4n) is 2.44. The molecule has 7 heteroatoms. The fourth-order valence-corrected chi connectivity index (χ4v) is 4.18. The van der Waals surface area contributed by atoms with Crippen LogP contribution in [-0.4, -0.2) is 25.9 Å². The van der Waals surface area contributed by atoms with E-state index in [0.29, 0.717) is 6.42 Å². The number of para-hydroxylation sites is 1. The van der Waals surface area contributed by atoms with Crippen LogP contribution in [0, 0.1) is 0 Å². The number of benzene rings is 1. The molecule has 0 aliphatic carbocycles. The van der Waals surface area contributed by atoms with Crippen LogP contribution in [0.1, 0.15) is 20.3 Å². The van der Waals surface area contributed by atoms with Crippen LogP contribution >= 0.6 is 23.1 Å². The number of nitrogens with one attached hydrogen (secondary N) is 1. The first kappa shape index (κ1) is 17.7. The number of amides is 1. The van der Waals surface area contributed by atoms with Crippen molar-refractivity contribution in [1.82, 2.24) is 14.8 Å². The minimum Gasteiger partial charge on any atom is -0.325 e. The third-order valence-electron chi connectivity index (χ3n) is 3.73. The van der Waals surface area contributed by atoms with Gasteiger partial charge >= 0.3 is 0 Å². The molecule has 0 bridgehead atoms. The minimum atomic E-state index is -0.217. The molecule has 1 N–H and O–H groups in total. The van der Waals surface area contributed by atoms with Gasteiger partial charge < -0.3 is 9.88 Å². The lowest BCUT2D eigenvalue weighted by atomic mass is 10.3. The summed E-state index contributed by atoms with van der Waals surface area (Å²) in [5, 5.41) is 14.2. The summed E-state index contributed by atoms with van der Waals surface area (Å²) in [5.41, 5.74) is 0.808. The highest BCUT2D eigenvalue weighted by molar-refractivity contribution is 8.00. The van der Waals surface area contributed by atoms with Crippen LogP contribution in [0.5, 0.6) is 0 Å². The van der Waals surface area contributed by atoms with Gasteiger partial charge in [0.05, 0.1) is 10.1 Å². The summed E-state index contributed by atoms with van der Waals surface area (Å²) in [5.74, 6) is 0.848. The van der Waals surface area contributed by atoms with Crippen molar-refractivity contribution in [3.05, 3.63) is 47.8 Å². The predicted molar refractivity (Wildman–Crippen MR) is 104 cm³/mol. The van der Waals surface area contributed by atoms with Crippen LogP contribution in [0.25, 0.3) is 10.7 Å². The molecule has 2 heterocycles. The summed E-state index contributed by atoms with van der Waals surface area (Å²) in [6.45, 7) is 4.84. The van der Waals surface area contributed by atoms with Gasteiger partial charge in [-0.25, -0.2) is 0 Å². The van der Waals surface area contributed by atoms with Gasteiger partial charge in [0.15, 0.2) is 11.0 Å². The number of thiophene rings is 1. The Morgan fingerprint density at radius 2 is 2.00 bits per heavy atom. The zero-order valence-electron chi connectivity index (χ0n) is 14.2. The maximum atomic E-state index is 12.6. The van der Waals surface area contributed by atoms with Crippen LogP contribution in [-0.2, 0) is 11.3 Å². The van der Waals surface area contributed by atoms with Gasteiger partial charge in [-0.1, -0.05) is 43.0 Å². The SMILES string of the molecule is CC[C@H](Sc1nnc(-c2cccs2)n1CC)C(=O)Nc1ccccc1. The number of carbonyl (C=O) groups excluding carboxylic acids is 1. The summed E-state index contributed by atoms with van der Waals surface area (Å²) in [4.78, 5) is 13.7. The Kier molecular flexibility index (Phi) is 5.88. The van der Waals surface area contributed by atoms with Crippen LogP contribution in [0.2, 0.25) is 0 Å². The third-order valence-corrected chi connectivity index (χ3v) is 5.94. The van der Waals surface area contributed by atoms with Crippen LogP contribution in [0.3, 0.4) is 0 Å². The summed E-state index contributed by atoms with van der Waals surface area (Å²) < 4.78 is 2.06. The summed E-state index contributed by atoms with van der Waals surface area (Å²) in [6.07, 6.45) is 0.717. The topological polar surface area (TPSA) is 59.8 Å². The van der Waals surface area contributed by atoms with Crippen molar-refractivity contribution in [2.24, 2.45) is 0 Å². The Labute approximate surface area is 155 Å². The second-order valence-electron chi connectivity index (χ2n) is 5.40. The Morgan fingerprint density at radius 3 is 2.64 bits per heavy atom. The highest BCUT2D eigenvalue weighted by atomic mass is 32.2. The van der Waals surface area contributed by atoms with E-state index in [9.17, 15) is 4.79 Å². The third kappa shape index (κ3) is 4.11. The monoisotopic (exact) mass is 372 g/mol. The van der Waals surface area contributed by atoms with E-state index in [2.05, 4.69) is 27.0 Å². The molecule has 3 aromatic rings. The van der Waals surface area contributed by atoms with Crippen molar-refractivity contribution in [3.63, 3.8) is 0 Å². The molecule has 2 aromatic heterocycles. The highest BCUT2D eigenvalue weighted by Crippen LogP contribution is 2.30. The lowest BCUT2D eigenvalue weighted by Gasteiger charge is -2.15. The molecule has 0 saturated heterocycles. The quantitative estimate of drug-likeness (QED) is 0.619. The molecule has 0 unspecified atom stereocenters. The molecule has 3 rings (SSSR count). The van der Waals surface area contributed by atoms with E-state index in [1.807, 2.05) is 54.8 Å². The van der Waals surface area contributed by atoms with Crippen molar-refractivity contribution in [1.29, 1.82) is 0 Å². The normalized spacial score (nSPS) is 12.1. The maximum absolute atomic E-state index is 12.6. The summed E-state index contributed by atoms with van der Waals surface area (Å²) in [6, 6.07) is 13.6. The summed E-state index contributed by atoms with van der Waals surface area (Å²) in [7, 11) is 0. The Hall–Kier alpha value is -2.12. The number of thioether (sulfide) groups is 1. The second kappa shape index (κ2) is 8.31. The molecular formula is C18H20N4OS2. The molecule has 130 valence electrons. The molecule has 0 spiro atoms. The first-order valence-corrected chi connectivity index (χ1v) is 9.98. The van der Waals surface area contributed by atoms with Gasteiger partial charge in [0, 0.05) is 12.2 Å². The van der Waals surface area contributed by atoms with E-state index in [4.69, 9.17) is 0 Å². The largest absolute Gasteiger partial charge is 0.325 e. The molecule has 1 atom stereocenters. The van der Waals surface area contributed by atoms with E-state index >= 15 is 0 Å². The number of nitrogens with zero attached hydrogens (tertiary/aromatic N) is 3. The average Bonchev–Trinajstić information content (AvgIpc) is 3.29. The average molecular weight is 373 g/mol. The van der Waals surface area contributed by atoms with Gasteiger partial charge in [-0.3, -0.25) is 4.79 Å². The molecule has 0 aliphatic heterocycles. The Balaban J connectivity index is 1.76. The number of hydrogen-bond donors (Lipinski definition) is 1. The number of anilines is 1. The Bertz CT molecular complexity index is 815. The van der Waals surface area contributed by atoms with E-state index in [1.165, 1.54) is 11.8 Å². The summed E-state index contributed by atoms with van der Waals surface area (Å²) >= 11 is 3.11. The van der Waals surface area contributed by atoms with Gasteiger partial charge in [0.25, 0.3) is 0 Å². The molecule has 0 saturated carbocycles. The highest BCUT2D eigenvalue weighted by Gasteiger charge is 2.23. The number of hydrogen-bond acceptors (Lipinski definition) is 5. The smallest absolute Gasteiger partial charge is 0.237 e. The number of carbonyl (C=O) groups is 1. The lowest BCUT2D eigenvalue weighted by molar-refractivity contribution is -0.115. The molecule has 1 amide bonds. The second-order valence-corrected chi connectivity index (χ2v) is 7.52. The van der Waals surface area contributed by atoms with E-state index in [0.717, 1.165) is 28.1 Å². The van der Waals surface area contributed by atoms with Crippen LogP contribution in [0.4, 0.5) is 5.69 Å². The van der Waals surface area contributed by atoms with Gasteiger partial charge in [-0.15, -0.1) is 21.5 Å². The number of aromatic nitrogens is 3. The zero-order chi connectivity index (χ0) is 17.6. The standard InChI is InChI=1S/C18H20N4OS2/c1-3-14(17(23)19-13-9-6-5-7-10-13)25-18-21-20-16(22(18)4-2)15-11-8-12-24-15/h5-12,14H,3-4H2,1-2H3,(H,19,23)/t14-/m0/s1. The molecule has 25 heavy (non-hydrogen) atoms. The Morgan fingerprint density at radius 1 is 1.20 bits per heavy atom. The maximum Gasteiger partial charge on any atom is 0.237 e. The van der Waals surface area contributed by atoms with E-state index in [-0.39, 0.29) is 11.2 Å². The van der Waals surface area contributed by atoms with Gasteiger partial charge in [-0.2, -0.15) is 0 Å². The van der Waals surface area contributed by atoms with Crippen molar-refractivity contribution >= 4 is 34.7 Å². The minimum absolute atomic E-state index is 0.0120. The molecule has 5 nitrogen and oxygen atoms in total. The van der Waals surface area contributed by atoms with Gasteiger partial charge in [-0.05, 0) is 36.9 Å². The molecule has 0 aliphatic rings. The van der Waals surface area contributed by atoms with Gasteiger partial charge in [0.2, 0.25) is 5.91 Å². The van der Waals surface area contributed by atoms with E-state index < -0.39 is 0 Å².